The molecule has 3 rings (SSSR count). The van der Waals surface area contributed by atoms with Crippen LogP contribution in [0.2, 0.25) is 0 Å². The molecule has 8 nitrogen and oxygen atoms in total. The van der Waals surface area contributed by atoms with Gasteiger partial charge in [0.05, 0.1) is 18.4 Å². The van der Waals surface area contributed by atoms with Crippen LogP contribution in [-0.4, -0.2) is 40.4 Å². The van der Waals surface area contributed by atoms with Crippen molar-refractivity contribution >= 4 is 17.6 Å². The second kappa shape index (κ2) is 7.93. The van der Waals surface area contributed by atoms with Crippen molar-refractivity contribution in [1.29, 1.82) is 0 Å². The molecule has 26 heavy (non-hydrogen) atoms. The van der Waals surface area contributed by atoms with Gasteiger partial charge in [-0.05, 0) is 48.5 Å². The van der Waals surface area contributed by atoms with E-state index in [4.69, 9.17) is 9.47 Å². The van der Waals surface area contributed by atoms with Gasteiger partial charge in [0.15, 0.2) is 6.61 Å². The minimum absolute atomic E-state index is 0.339. The standard InChI is InChI=1S/C18H16N4O4/c1-25-16-8-4-14(5-9-16)21-17(23)10-26-18(24)13-2-6-15(7-3-13)22-12-19-11-20-22/h2-9,11-12H,10H2,1H3,(H,21,23). The number of methoxy groups -OCH3 is 1. The minimum atomic E-state index is -0.583. The van der Waals surface area contributed by atoms with Crippen LogP contribution in [0.1, 0.15) is 10.4 Å². The van der Waals surface area contributed by atoms with Gasteiger partial charge in [0, 0.05) is 5.69 Å². The molecule has 0 bridgehead atoms. The van der Waals surface area contributed by atoms with E-state index in [0.717, 1.165) is 5.69 Å². The molecular formula is C18H16N4O4. The predicted octanol–water partition coefficient (Wildman–Crippen LogP) is 2.07. The number of hydrogen-bond donors (Lipinski definition) is 1. The van der Waals surface area contributed by atoms with Crippen molar-refractivity contribution in [2.24, 2.45) is 0 Å². The number of nitrogens with zero attached hydrogens (tertiary/aromatic N) is 3. The van der Waals surface area contributed by atoms with Crippen LogP contribution in [-0.2, 0) is 9.53 Å². The molecule has 0 aliphatic carbocycles. The second-order valence-electron chi connectivity index (χ2n) is 5.24. The number of anilines is 1. The number of ether oxygens (including phenoxy) is 2. The molecule has 3 aromatic rings. The quantitative estimate of drug-likeness (QED) is 0.683. The third kappa shape index (κ3) is 4.23. The summed E-state index contributed by atoms with van der Waals surface area (Å²) in [5.74, 6) is -0.327. The van der Waals surface area contributed by atoms with Crippen LogP contribution in [0.5, 0.6) is 5.75 Å². The van der Waals surface area contributed by atoms with Gasteiger partial charge < -0.3 is 14.8 Å². The predicted molar refractivity (Wildman–Crippen MR) is 93.3 cm³/mol. The zero-order valence-corrected chi connectivity index (χ0v) is 14.0. The summed E-state index contributed by atoms with van der Waals surface area (Å²) in [6.45, 7) is -0.379. The second-order valence-corrected chi connectivity index (χ2v) is 5.24. The highest BCUT2D eigenvalue weighted by Crippen LogP contribution is 2.15. The number of amides is 1. The van der Waals surface area contributed by atoms with Crippen LogP contribution in [0.25, 0.3) is 5.69 Å². The van der Waals surface area contributed by atoms with Crippen molar-refractivity contribution in [2.75, 3.05) is 19.0 Å². The van der Waals surface area contributed by atoms with Crippen molar-refractivity contribution in [1.82, 2.24) is 14.8 Å². The number of rotatable bonds is 6. The molecule has 0 saturated carbocycles. The van der Waals surface area contributed by atoms with E-state index in [1.807, 2.05) is 0 Å². The molecule has 8 heteroatoms. The molecule has 1 aromatic heterocycles. The van der Waals surface area contributed by atoms with E-state index >= 15 is 0 Å². The molecule has 0 radical (unpaired) electrons. The lowest BCUT2D eigenvalue weighted by Gasteiger charge is -2.08. The van der Waals surface area contributed by atoms with Gasteiger partial charge >= 0.3 is 5.97 Å². The van der Waals surface area contributed by atoms with E-state index in [1.165, 1.54) is 6.33 Å². The van der Waals surface area contributed by atoms with E-state index in [0.29, 0.717) is 17.0 Å². The van der Waals surface area contributed by atoms with E-state index < -0.39 is 11.9 Å². The van der Waals surface area contributed by atoms with Crippen molar-refractivity contribution in [3.63, 3.8) is 0 Å². The Hall–Kier alpha value is -3.68. The molecule has 1 heterocycles. The fourth-order valence-corrected chi connectivity index (χ4v) is 2.18. The Morgan fingerprint density at radius 1 is 1.08 bits per heavy atom. The van der Waals surface area contributed by atoms with Crippen LogP contribution >= 0.6 is 0 Å². The Balaban J connectivity index is 1.52. The third-order valence-electron chi connectivity index (χ3n) is 3.49. The Morgan fingerprint density at radius 2 is 1.81 bits per heavy atom. The summed E-state index contributed by atoms with van der Waals surface area (Å²) in [4.78, 5) is 27.8. The number of carbonyl (C=O) groups is 2. The maximum Gasteiger partial charge on any atom is 0.338 e. The van der Waals surface area contributed by atoms with Crippen LogP contribution in [0, 0.1) is 0 Å². The van der Waals surface area contributed by atoms with Crippen LogP contribution < -0.4 is 10.1 Å². The summed E-state index contributed by atoms with van der Waals surface area (Å²) < 4.78 is 11.6. The number of aromatic nitrogens is 3. The first-order chi connectivity index (χ1) is 12.7. The highest BCUT2D eigenvalue weighted by atomic mass is 16.5. The zero-order valence-electron chi connectivity index (χ0n) is 14.0. The SMILES string of the molecule is COc1ccc(NC(=O)COC(=O)c2ccc(-n3cncn3)cc2)cc1. The molecule has 0 atom stereocenters. The molecule has 0 saturated heterocycles. The van der Waals surface area contributed by atoms with Gasteiger partial charge in [-0.25, -0.2) is 14.5 Å². The maximum atomic E-state index is 12.0. The Kier molecular flexibility index (Phi) is 5.23. The van der Waals surface area contributed by atoms with Gasteiger partial charge in [0.2, 0.25) is 0 Å². The molecule has 132 valence electrons. The first-order valence-electron chi connectivity index (χ1n) is 7.72. The lowest BCUT2D eigenvalue weighted by molar-refractivity contribution is -0.119. The summed E-state index contributed by atoms with van der Waals surface area (Å²) in [5, 5.41) is 6.64. The molecule has 0 unspecified atom stereocenters. The lowest BCUT2D eigenvalue weighted by Crippen LogP contribution is -2.20. The van der Waals surface area contributed by atoms with Crippen molar-refractivity contribution in [3.8, 4) is 11.4 Å². The van der Waals surface area contributed by atoms with Crippen molar-refractivity contribution < 1.29 is 19.1 Å². The smallest absolute Gasteiger partial charge is 0.338 e. The zero-order chi connectivity index (χ0) is 18.4. The van der Waals surface area contributed by atoms with Crippen molar-refractivity contribution in [2.45, 2.75) is 0 Å². The fraction of sp³-hybridized carbons (Fsp3) is 0.111. The van der Waals surface area contributed by atoms with Crippen LogP contribution in [0.3, 0.4) is 0 Å². The van der Waals surface area contributed by atoms with E-state index in [9.17, 15) is 9.59 Å². The summed E-state index contributed by atoms with van der Waals surface area (Å²) >= 11 is 0. The normalized spacial score (nSPS) is 10.2. The van der Waals surface area contributed by atoms with E-state index in [-0.39, 0.29) is 6.61 Å². The molecule has 1 N–H and O–H groups in total. The number of benzene rings is 2. The van der Waals surface area contributed by atoms with Crippen LogP contribution in [0.15, 0.2) is 61.2 Å². The highest BCUT2D eigenvalue weighted by Gasteiger charge is 2.11. The van der Waals surface area contributed by atoms with Crippen LogP contribution in [0.4, 0.5) is 5.69 Å². The molecule has 0 aliphatic rings. The Labute approximate surface area is 149 Å². The summed E-state index contributed by atoms with van der Waals surface area (Å²) in [5.41, 5.74) is 1.69. The molecule has 2 aromatic carbocycles. The molecule has 0 spiro atoms. The van der Waals surface area contributed by atoms with Gasteiger partial charge in [-0.15, -0.1) is 0 Å². The third-order valence-corrected chi connectivity index (χ3v) is 3.49. The van der Waals surface area contributed by atoms with E-state index in [2.05, 4.69) is 15.4 Å². The van der Waals surface area contributed by atoms with Gasteiger partial charge in [0.25, 0.3) is 5.91 Å². The van der Waals surface area contributed by atoms with Gasteiger partial charge in [0.1, 0.15) is 18.4 Å². The van der Waals surface area contributed by atoms with Gasteiger partial charge in [-0.1, -0.05) is 0 Å². The molecule has 1 amide bonds. The summed E-state index contributed by atoms with van der Waals surface area (Å²) in [7, 11) is 1.56. The van der Waals surface area contributed by atoms with Crippen molar-refractivity contribution in [3.05, 3.63) is 66.7 Å². The first kappa shape index (κ1) is 17.2. The molecule has 0 fully saturated rings. The fourth-order valence-electron chi connectivity index (χ4n) is 2.18. The average Bonchev–Trinajstić information content (AvgIpc) is 3.21. The first-order valence-corrected chi connectivity index (χ1v) is 7.72. The minimum Gasteiger partial charge on any atom is -0.497 e. The summed E-state index contributed by atoms with van der Waals surface area (Å²) in [6.07, 6.45) is 2.97. The number of nitrogens with one attached hydrogen (secondary N) is 1. The lowest BCUT2D eigenvalue weighted by atomic mass is 10.2. The monoisotopic (exact) mass is 352 g/mol. The maximum absolute atomic E-state index is 12.0. The number of hydrogen-bond acceptors (Lipinski definition) is 6. The highest BCUT2D eigenvalue weighted by molar-refractivity contribution is 5.95. The largest absolute Gasteiger partial charge is 0.497 e. The topological polar surface area (TPSA) is 95.3 Å². The van der Waals surface area contributed by atoms with Gasteiger partial charge in [-0.3, -0.25) is 4.79 Å². The van der Waals surface area contributed by atoms with E-state index in [1.54, 1.807) is 66.6 Å². The number of carbonyl (C=O) groups excluding carboxylic acids is 2. The number of esters is 1. The summed E-state index contributed by atoms with van der Waals surface area (Å²) in [6, 6.07) is 13.5. The molecular weight excluding hydrogens is 336 g/mol. The molecule has 0 aliphatic heterocycles. The van der Waals surface area contributed by atoms with Gasteiger partial charge in [-0.2, -0.15) is 5.10 Å². The average molecular weight is 352 g/mol. The Morgan fingerprint density at radius 3 is 2.42 bits per heavy atom. The Bertz CT molecular complexity index is 875.